The van der Waals surface area contributed by atoms with E-state index in [4.69, 9.17) is 14.6 Å². The molecule has 0 aliphatic rings. The van der Waals surface area contributed by atoms with E-state index in [0.717, 1.165) is 0 Å². The predicted molar refractivity (Wildman–Crippen MR) is 93.9 cm³/mol. The Morgan fingerprint density at radius 1 is 1.12 bits per heavy atom. The van der Waals surface area contributed by atoms with Gasteiger partial charge in [0, 0.05) is 19.4 Å². The Kier molecular flexibility index (Phi) is 10.2. The van der Waals surface area contributed by atoms with Crippen LogP contribution in [0.25, 0.3) is 0 Å². The summed E-state index contributed by atoms with van der Waals surface area (Å²) in [6.45, 7) is 11.3. The van der Waals surface area contributed by atoms with Crippen molar-refractivity contribution >= 4 is 18.0 Å². The molecule has 2 atom stereocenters. The van der Waals surface area contributed by atoms with Crippen molar-refractivity contribution in [2.45, 2.75) is 73.5 Å². The molecule has 0 radical (unpaired) electrons. The van der Waals surface area contributed by atoms with Gasteiger partial charge in [0.2, 0.25) is 6.29 Å². The number of esters is 1. The molecule has 0 bridgehead atoms. The van der Waals surface area contributed by atoms with Crippen molar-refractivity contribution < 1.29 is 29.0 Å². The number of amides is 1. The molecule has 7 heteroatoms. The van der Waals surface area contributed by atoms with E-state index in [1.807, 2.05) is 20.8 Å². The van der Waals surface area contributed by atoms with Crippen molar-refractivity contribution in [3.8, 4) is 0 Å². The summed E-state index contributed by atoms with van der Waals surface area (Å²) in [5, 5.41) is 11.5. The second-order valence-electron chi connectivity index (χ2n) is 7.75. The molecule has 0 saturated carbocycles. The van der Waals surface area contributed by atoms with Crippen molar-refractivity contribution in [2.75, 3.05) is 6.54 Å². The highest BCUT2D eigenvalue weighted by Gasteiger charge is 2.28. The number of carboxylic acid groups (broad SMARTS) is 1. The molecule has 0 aliphatic carbocycles. The summed E-state index contributed by atoms with van der Waals surface area (Å²) in [5.74, 6) is -1.19. The second kappa shape index (κ2) is 10.9. The van der Waals surface area contributed by atoms with Crippen LogP contribution in [0, 0.1) is 17.3 Å². The van der Waals surface area contributed by atoms with Crippen LogP contribution >= 0.6 is 0 Å². The third-order valence-corrected chi connectivity index (χ3v) is 3.42. The summed E-state index contributed by atoms with van der Waals surface area (Å²) in [4.78, 5) is 34.8. The van der Waals surface area contributed by atoms with E-state index in [1.54, 1.807) is 20.8 Å². The van der Waals surface area contributed by atoms with Crippen LogP contribution in [-0.4, -0.2) is 36.0 Å². The predicted octanol–water partition coefficient (Wildman–Crippen LogP) is 3.57. The van der Waals surface area contributed by atoms with Crippen LogP contribution in [0.3, 0.4) is 0 Å². The summed E-state index contributed by atoms with van der Waals surface area (Å²) >= 11 is 0. The molecule has 0 rings (SSSR count). The number of hydrogen-bond acceptors (Lipinski definition) is 5. The lowest BCUT2D eigenvalue weighted by Gasteiger charge is -2.23. The lowest BCUT2D eigenvalue weighted by Crippen LogP contribution is -2.37. The van der Waals surface area contributed by atoms with Crippen LogP contribution in [0.5, 0.6) is 0 Å². The summed E-state index contributed by atoms with van der Waals surface area (Å²) in [6.07, 6.45) is 0.100. The molecule has 0 fully saturated rings. The highest BCUT2D eigenvalue weighted by molar-refractivity contribution is 5.75. The highest BCUT2D eigenvalue weighted by atomic mass is 16.7. The van der Waals surface area contributed by atoms with Gasteiger partial charge in [-0.05, 0) is 45.4 Å². The number of carbonyl (C=O) groups excluding carboxylic acids is 2. The first-order chi connectivity index (χ1) is 11.5. The molecule has 0 saturated heterocycles. The molecular formula is C18H33NO6. The van der Waals surface area contributed by atoms with Gasteiger partial charge in [-0.25, -0.2) is 4.79 Å². The van der Waals surface area contributed by atoms with Crippen molar-refractivity contribution in [2.24, 2.45) is 17.3 Å². The van der Waals surface area contributed by atoms with Crippen molar-refractivity contribution in [3.05, 3.63) is 0 Å². The number of aliphatic carboxylic acids is 1. The summed E-state index contributed by atoms with van der Waals surface area (Å²) in [5.41, 5.74) is -0.685. The molecule has 1 amide bonds. The molecule has 0 aromatic carbocycles. The Hall–Kier alpha value is -1.79. The first-order valence-electron chi connectivity index (χ1n) is 8.83. The van der Waals surface area contributed by atoms with Gasteiger partial charge in [-0.15, -0.1) is 0 Å². The minimum absolute atomic E-state index is 0.0180. The van der Waals surface area contributed by atoms with Crippen LogP contribution in [0.2, 0.25) is 0 Å². The van der Waals surface area contributed by atoms with Crippen molar-refractivity contribution in [1.82, 2.24) is 5.32 Å². The average Bonchev–Trinajstić information content (AvgIpc) is 2.42. The monoisotopic (exact) mass is 359 g/mol. The molecule has 0 aromatic rings. The quantitative estimate of drug-likeness (QED) is 0.457. The van der Waals surface area contributed by atoms with E-state index in [2.05, 4.69) is 5.32 Å². The van der Waals surface area contributed by atoms with Crippen LogP contribution < -0.4 is 5.32 Å². The Morgan fingerprint density at radius 3 is 2.16 bits per heavy atom. The standard InChI is InChI=1S/C18H33NO6/c1-7-8-15(24-16(22)18(4,5)6)25-17(23)19-11-13(9-12(2)3)10-14(20)21/h12-13,15H,7-11H2,1-6H3,(H,19,23)(H,20,21). The minimum Gasteiger partial charge on any atom is -0.481 e. The first kappa shape index (κ1) is 23.2. The number of carboxylic acids is 1. The fraction of sp³-hybridized carbons (Fsp3) is 0.833. The van der Waals surface area contributed by atoms with E-state index in [1.165, 1.54) is 0 Å². The highest BCUT2D eigenvalue weighted by Crippen LogP contribution is 2.19. The Morgan fingerprint density at radius 2 is 1.72 bits per heavy atom. The Balaban J connectivity index is 4.58. The fourth-order valence-electron chi connectivity index (χ4n) is 2.21. The Labute approximate surface area is 150 Å². The fourth-order valence-corrected chi connectivity index (χ4v) is 2.21. The van der Waals surface area contributed by atoms with E-state index in [-0.39, 0.29) is 18.9 Å². The summed E-state index contributed by atoms with van der Waals surface area (Å²) in [6, 6.07) is 0. The molecular weight excluding hydrogens is 326 g/mol. The van der Waals surface area contributed by atoms with Gasteiger partial charge in [0.25, 0.3) is 0 Å². The van der Waals surface area contributed by atoms with Gasteiger partial charge in [-0.3, -0.25) is 9.59 Å². The van der Waals surface area contributed by atoms with Crippen molar-refractivity contribution in [1.29, 1.82) is 0 Å². The lowest BCUT2D eigenvalue weighted by molar-refractivity contribution is -0.178. The maximum atomic E-state index is 12.0. The number of ether oxygens (including phenoxy) is 2. The number of alkyl carbamates (subject to hydrolysis) is 1. The molecule has 2 unspecified atom stereocenters. The van der Waals surface area contributed by atoms with E-state index in [9.17, 15) is 14.4 Å². The number of nitrogens with one attached hydrogen (secondary N) is 1. The molecule has 0 spiro atoms. The molecule has 146 valence electrons. The van der Waals surface area contributed by atoms with Gasteiger partial charge in [-0.2, -0.15) is 0 Å². The third-order valence-electron chi connectivity index (χ3n) is 3.42. The van der Waals surface area contributed by atoms with Crippen molar-refractivity contribution in [3.63, 3.8) is 0 Å². The van der Waals surface area contributed by atoms with E-state index in [0.29, 0.717) is 25.2 Å². The normalized spacial score (nSPS) is 13.9. The Bertz CT molecular complexity index is 441. The average molecular weight is 359 g/mol. The molecule has 0 aliphatic heterocycles. The lowest BCUT2D eigenvalue weighted by atomic mass is 9.94. The van der Waals surface area contributed by atoms with Crippen LogP contribution in [0.15, 0.2) is 0 Å². The maximum Gasteiger partial charge on any atom is 0.410 e. The van der Waals surface area contributed by atoms with Gasteiger partial charge in [0.15, 0.2) is 0 Å². The van der Waals surface area contributed by atoms with Gasteiger partial charge in [-0.1, -0.05) is 20.8 Å². The van der Waals surface area contributed by atoms with Gasteiger partial charge in [0.1, 0.15) is 0 Å². The van der Waals surface area contributed by atoms with E-state index >= 15 is 0 Å². The van der Waals surface area contributed by atoms with Gasteiger partial charge in [0.05, 0.1) is 5.41 Å². The minimum atomic E-state index is -0.945. The van der Waals surface area contributed by atoms with Crippen LogP contribution in [0.1, 0.15) is 67.2 Å². The molecule has 2 N–H and O–H groups in total. The maximum absolute atomic E-state index is 12.0. The first-order valence-corrected chi connectivity index (χ1v) is 8.83. The molecule has 25 heavy (non-hydrogen) atoms. The topological polar surface area (TPSA) is 102 Å². The van der Waals surface area contributed by atoms with Gasteiger partial charge < -0.3 is 19.9 Å². The number of carbonyl (C=O) groups is 3. The molecule has 0 aromatic heterocycles. The SMILES string of the molecule is CCCC(OC(=O)NCC(CC(=O)O)CC(C)C)OC(=O)C(C)(C)C. The summed E-state index contributed by atoms with van der Waals surface area (Å²) < 4.78 is 10.4. The van der Waals surface area contributed by atoms with Crippen LogP contribution in [-0.2, 0) is 19.1 Å². The zero-order chi connectivity index (χ0) is 19.6. The summed E-state index contributed by atoms with van der Waals surface area (Å²) in [7, 11) is 0. The van der Waals surface area contributed by atoms with Crippen LogP contribution in [0.4, 0.5) is 4.79 Å². The number of hydrogen-bond donors (Lipinski definition) is 2. The zero-order valence-electron chi connectivity index (χ0n) is 16.3. The molecule has 0 heterocycles. The third kappa shape index (κ3) is 11.4. The smallest absolute Gasteiger partial charge is 0.410 e. The van der Waals surface area contributed by atoms with E-state index < -0.39 is 29.7 Å². The largest absolute Gasteiger partial charge is 0.481 e. The zero-order valence-corrected chi connectivity index (χ0v) is 16.3. The second-order valence-corrected chi connectivity index (χ2v) is 7.75. The van der Waals surface area contributed by atoms with Gasteiger partial charge >= 0.3 is 18.0 Å². The molecule has 7 nitrogen and oxygen atoms in total. The number of rotatable bonds is 10.